The van der Waals surface area contributed by atoms with Gasteiger partial charge in [0.25, 0.3) is 0 Å². The second-order valence-electron chi connectivity index (χ2n) is 13.1. The van der Waals surface area contributed by atoms with Gasteiger partial charge in [0.1, 0.15) is 36.1 Å². The summed E-state index contributed by atoms with van der Waals surface area (Å²) in [6.45, 7) is 0. The number of ether oxygens (including phenoxy) is 2. The number of carbonyl (C=O) groups excluding carboxylic acids is 2. The van der Waals surface area contributed by atoms with Crippen LogP contribution in [0.2, 0.25) is 0 Å². The maximum atomic E-state index is 13.5. The third-order valence-electron chi connectivity index (χ3n) is 9.21. The van der Waals surface area contributed by atoms with Crippen LogP contribution in [0.15, 0.2) is 85.5 Å². The van der Waals surface area contributed by atoms with Gasteiger partial charge in [-0.05, 0) is 84.3 Å². The molecule has 2 N–H and O–H groups in total. The van der Waals surface area contributed by atoms with Crippen molar-refractivity contribution in [1.82, 2.24) is 20.6 Å². The summed E-state index contributed by atoms with van der Waals surface area (Å²) >= 11 is 0. The number of alkyl carbamates (subject to hydrolysis) is 2. The van der Waals surface area contributed by atoms with E-state index < -0.39 is 60.5 Å². The smallest absolute Gasteiger partial charge is 0.408 e. The fourth-order valence-electron chi connectivity index (χ4n) is 6.34. The topological polar surface area (TPSA) is 102 Å². The van der Waals surface area contributed by atoms with Crippen LogP contribution >= 0.6 is 0 Å². The van der Waals surface area contributed by atoms with Crippen molar-refractivity contribution in [3.05, 3.63) is 130 Å². The molecule has 0 radical (unpaired) electrons. The molecule has 4 aliphatic rings. The van der Waals surface area contributed by atoms with E-state index >= 15 is 0 Å². The van der Waals surface area contributed by atoms with Crippen molar-refractivity contribution in [2.75, 3.05) is 0 Å². The van der Waals surface area contributed by atoms with Crippen LogP contribution in [0, 0.1) is 47.2 Å². The summed E-state index contributed by atoms with van der Waals surface area (Å²) in [7, 11) is 0. The maximum absolute atomic E-state index is 13.5. The molecule has 4 fully saturated rings. The summed E-state index contributed by atoms with van der Waals surface area (Å²) in [6, 6.07) is 14.6. The Morgan fingerprint density at radius 1 is 0.596 bits per heavy atom. The monoisotopic (exact) mass is 708 g/mol. The number of carbonyl (C=O) groups is 2. The summed E-state index contributed by atoms with van der Waals surface area (Å²) in [6.07, 6.45) is 4.50. The fourth-order valence-corrected chi connectivity index (χ4v) is 6.34. The van der Waals surface area contributed by atoms with E-state index in [-0.39, 0.29) is 11.8 Å². The van der Waals surface area contributed by atoms with Gasteiger partial charge in [-0.25, -0.2) is 27.2 Å². The zero-order valence-corrected chi connectivity index (χ0v) is 27.6. The van der Waals surface area contributed by atoms with Crippen LogP contribution in [0.3, 0.4) is 0 Å². The molecule has 8 nitrogen and oxygen atoms in total. The molecular weight excluding hydrogens is 676 g/mol. The number of hydrogen-bond acceptors (Lipinski definition) is 6. The molecule has 264 valence electrons. The first kappa shape index (κ1) is 34.6. The standard InChI is InChI=1S/2C20H16F2N2O2/c2*21-16-3-1-2-14(9-16)19-18(24-20(25)26-19)15-6-13(10-23-11-15)5-4-12-7-17(22)8-12/h2*1-3,6,9-12,17-19H,7-8H2,(H,24,25)/t2*12?,17?,18-,19-/m11/s1. The predicted molar refractivity (Wildman–Crippen MR) is 180 cm³/mol. The number of halogens is 4. The number of alkyl halides is 2. The third kappa shape index (κ3) is 8.18. The molecule has 0 bridgehead atoms. The van der Waals surface area contributed by atoms with Gasteiger partial charge in [-0.1, -0.05) is 47.9 Å². The molecule has 4 heterocycles. The van der Waals surface area contributed by atoms with Crippen LogP contribution in [0.4, 0.5) is 27.2 Å². The Bertz CT molecular complexity index is 1950. The number of rotatable bonds is 4. The van der Waals surface area contributed by atoms with Gasteiger partial charge in [0.05, 0.1) is 0 Å². The van der Waals surface area contributed by atoms with E-state index in [0.29, 0.717) is 59.1 Å². The fraction of sp³-hybridized carbons (Fsp3) is 0.300. The van der Waals surface area contributed by atoms with E-state index in [0.717, 1.165) is 0 Å². The molecule has 52 heavy (non-hydrogen) atoms. The van der Waals surface area contributed by atoms with Crippen LogP contribution in [0.25, 0.3) is 0 Å². The molecule has 8 rings (SSSR count). The maximum Gasteiger partial charge on any atom is 0.408 e. The van der Waals surface area contributed by atoms with E-state index in [9.17, 15) is 27.2 Å². The van der Waals surface area contributed by atoms with E-state index in [2.05, 4.69) is 44.3 Å². The van der Waals surface area contributed by atoms with Gasteiger partial charge < -0.3 is 20.1 Å². The van der Waals surface area contributed by atoms with Crippen LogP contribution in [-0.4, -0.2) is 34.5 Å². The summed E-state index contributed by atoms with van der Waals surface area (Å²) in [5.74, 6) is 11.5. The third-order valence-corrected chi connectivity index (χ3v) is 9.21. The minimum Gasteiger partial charge on any atom is -0.439 e. The molecule has 4 aromatic rings. The number of cyclic esters (lactones) is 2. The van der Waals surface area contributed by atoms with Gasteiger partial charge in [-0.2, -0.15) is 0 Å². The number of hydrogen-bond donors (Lipinski definition) is 2. The zero-order valence-electron chi connectivity index (χ0n) is 27.6. The second kappa shape index (κ2) is 15.2. The van der Waals surface area contributed by atoms with E-state index in [1.807, 2.05) is 12.1 Å². The van der Waals surface area contributed by atoms with Gasteiger partial charge in [0.15, 0.2) is 12.2 Å². The number of aromatic nitrogens is 2. The van der Waals surface area contributed by atoms with Gasteiger partial charge in [-0.3, -0.25) is 9.97 Å². The molecule has 2 aliphatic heterocycles. The first-order valence-electron chi connectivity index (χ1n) is 16.8. The average molecular weight is 709 g/mol. The zero-order chi connectivity index (χ0) is 36.2. The Kier molecular flexibility index (Phi) is 10.1. The number of benzene rings is 2. The highest BCUT2D eigenvalue weighted by Crippen LogP contribution is 2.38. The highest BCUT2D eigenvalue weighted by atomic mass is 19.1. The summed E-state index contributed by atoms with van der Waals surface area (Å²) in [5, 5.41) is 5.47. The molecule has 2 aliphatic carbocycles. The first-order chi connectivity index (χ1) is 25.2. The molecule has 2 amide bonds. The first-order valence-corrected chi connectivity index (χ1v) is 16.8. The average Bonchev–Trinajstić information content (AvgIpc) is 3.71. The number of nitrogens with zero attached hydrogens (tertiary/aromatic N) is 2. The van der Waals surface area contributed by atoms with Crippen molar-refractivity contribution in [2.45, 2.75) is 62.3 Å². The molecule has 0 unspecified atom stereocenters. The van der Waals surface area contributed by atoms with Crippen molar-refractivity contribution in [1.29, 1.82) is 0 Å². The highest BCUT2D eigenvalue weighted by Gasteiger charge is 2.38. The lowest BCUT2D eigenvalue weighted by molar-refractivity contribution is 0.131. The van der Waals surface area contributed by atoms with Crippen molar-refractivity contribution >= 4 is 12.2 Å². The lowest BCUT2D eigenvalue weighted by Gasteiger charge is -2.24. The summed E-state index contributed by atoms with van der Waals surface area (Å²) < 4.78 is 63.5. The normalized spacial score (nSPS) is 26.9. The van der Waals surface area contributed by atoms with Crippen LogP contribution in [-0.2, 0) is 9.47 Å². The SMILES string of the molecule is O=C1N[C@H](c2cncc(C#CC3CC(F)C3)c2)[C@@H](c2cccc(F)c2)O1.O=C1N[C@H](c2cncc(C#CC3CC(F)C3)c2)[C@@H](c2cccc(F)c2)O1. The molecule has 2 aromatic heterocycles. The molecular formula is C40H32F4N4O4. The van der Waals surface area contributed by atoms with E-state index in [4.69, 9.17) is 9.47 Å². The van der Waals surface area contributed by atoms with Gasteiger partial charge in [0, 0.05) is 47.8 Å². The number of amides is 2. The van der Waals surface area contributed by atoms with Gasteiger partial charge >= 0.3 is 12.2 Å². The Morgan fingerprint density at radius 2 is 1.02 bits per heavy atom. The lowest BCUT2D eigenvalue weighted by Crippen LogP contribution is -2.23. The Morgan fingerprint density at radius 3 is 1.40 bits per heavy atom. The van der Waals surface area contributed by atoms with Crippen molar-refractivity contribution in [3.8, 4) is 23.7 Å². The highest BCUT2D eigenvalue weighted by molar-refractivity contribution is 5.72. The predicted octanol–water partition coefficient (Wildman–Crippen LogP) is 7.69. The van der Waals surface area contributed by atoms with E-state index in [1.165, 1.54) is 24.3 Å². The molecule has 4 atom stereocenters. The van der Waals surface area contributed by atoms with Gasteiger partial charge in [0.2, 0.25) is 0 Å². The number of pyridine rings is 2. The molecule has 0 spiro atoms. The second-order valence-corrected chi connectivity index (χ2v) is 13.1. The minimum atomic E-state index is -0.739. The van der Waals surface area contributed by atoms with E-state index in [1.54, 1.807) is 49.1 Å². The molecule has 2 saturated carbocycles. The molecule has 2 saturated heterocycles. The largest absolute Gasteiger partial charge is 0.439 e. The van der Waals surface area contributed by atoms with Crippen LogP contribution < -0.4 is 10.6 Å². The summed E-state index contributed by atoms with van der Waals surface area (Å²) in [4.78, 5) is 31.9. The molecule has 12 heteroatoms. The summed E-state index contributed by atoms with van der Waals surface area (Å²) in [5.41, 5.74) is 3.93. The van der Waals surface area contributed by atoms with Crippen molar-refractivity contribution < 1.29 is 36.6 Å². The van der Waals surface area contributed by atoms with Crippen LogP contribution in [0.5, 0.6) is 0 Å². The minimum absolute atomic E-state index is 0.0863. The van der Waals surface area contributed by atoms with Crippen molar-refractivity contribution in [3.63, 3.8) is 0 Å². The number of nitrogens with one attached hydrogen (secondary N) is 2. The lowest BCUT2D eigenvalue weighted by atomic mass is 9.84. The van der Waals surface area contributed by atoms with Crippen LogP contribution in [0.1, 0.15) is 83.4 Å². The Hall–Kier alpha value is -5.88. The Labute approximate surface area is 297 Å². The molecule has 2 aromatic carbocycles. The Balaban J connectivity index is 0.000000162. The van der Waals surface area contributed by atoms with Crippen molar-refractivity contribution in [2.24, 2.45) is 11.8 Å². The van der Waals surface area contributed by atoms with Gasteiger partial charge in [-0.15, -0.1) is 0 Å². The quantitative estimate of drug-likeness (QED) is 0.167.